The van der Waals surface area contributed by atoms with Gasteiger partial charge in [-0.05, 0) is 35.4 Å². The van der Waals surface area contributed by atoms with Crippen molar-refractivity contribution in [1.82, 2.24) is 10.6 Å². The molecule has 27 heavy (non-hydrogen) atoms. The van der Waals surface area contributed by atoms with Crippen LogP contribution in [0.15, 0.2) is 48.5 Å². The molecule has 2 N–H and O–H groups in total. The molecule has 2 rings (SSSR count). The molecule has 0 atom stereocenters. The predicted octanol–water partition coefficient (Wildman–Crippen LogP) is 1.83. The summed E-state index contributed by atoms with van der Waals surface area (Å²) in [5.74, 6) is -0.355. The molecule has 144 valence electrons. The Morgan fingerprint density at radius 3 is 2.52 bits per heavy atom. The van der Waals surface area contributed by atoms with E-state index >= 15 is 0 Å². The van der Waals surface area contributed by atoms with Crippen LogP contribution >= 0.6 is 0 Å². The first-order valence-electron chi connectivity index (χ1n) is 8.55. The molecule has 0 aromatic heterocycles. The summed E-state index contributed by atoms with van der Waals surface area (Å²) in [5, 5.41) is 5.25. The van der Waals surface area contributed by atoms with Crippen LogP contribution in [0.5, 0.6) is 5.75 Å². The van der Waals surface area contributed by atoms with E-state index < -0.39 is 5.82 Å². The van der Waals surface area contributed by atoms with Gasteiger partial charge in [0.05, 0.1) is 19.6 Å². The number of carbonyl (C=O) groups is 2. The van der Waals surface area contributed by atoms with E-state index in [0.717, 1.165) is 5.56 Å². The molecule has 0 unspecified atom stereocenters. The topological polar surface area (TPSA) is 76.7 Å². The summed E-state index contributed by atoms with van der Waals surface area (Å²) >= 11 is 0. The first kappa shape index (κ1) is 20.4. The number of methoxy groups -OCH3 is 1. The number of halogens is 1. The maximum absolute atomic E-state index is 13.1. The first-order valence-corrected chi connectivity index (χ1v) is 8.55. The second-order valence-electron chi connectivity index (χ2n) is 5.85. The van der Waals surface area contributed by atoms with Gasteiger partial charge >= 0.3 is 0 Å². The van der Waals surface area contributed by atoms with Gasteiger partial charge in [-0.25, -0.2) is 4.39 Å². The Labute approximate surface area is 157 Å². The molecule has 0 saturated heterocycles. The van der Waals surface area contributed by atoms with E-state index in [4.69, 9.17) is 9.47 Å². The van der Waals surface area contributed by atoms with Gasteiger partial charge in [-0.1, -0.05) is 24.3 Å². The second-order valence-corrected chi connectivity index (χ2v) is 5.85. The van der Waals surface area contributed by atoms with Crippen molar-refractivity contribution in [3.63, 3.8) is 0 Å². The fourth-order valence-corrected chi connectivity index (χ4v) is 2.32. The van der Waals surface area contributed by atoms with Crippen LogP contribution in [0.25, 0.3) is 0 Å². The summed E-state index contributed by atoms with van der Waals surface area (Å²) in [6.45, 7) is 1.12. The molecule has 0 fully saturated rings. The summed E-state index contributed by atoms with van der Waals surface area (Å²) in [7, 11) is 1.60. The minimum Gasteiger partial charge on any atom is -0.491 e. The lowest BCUT2D eigenvalue weighted by atomic mass is 10.1. The van der Waals surface area contributed by atoms with Crippen molar-refractivity contribution in [2.45, 2.75) is 13.0 Å². The lowest BCUT2D eigenvalue weighted by molar-refractivity contribution is -0.125. The molecule has 0 bridgehead atoms. The zero-order valence-electron chi connectivity index (χ0n) is 15.2. The van der Waals surface area contributed by atoms with E-state index in [9.17, 15) is 14.0 Å². The lowest BCUT2D eigenvalue weighted by Gasteiger charge is -2.09. The number of rotatable bonds is 10. The molecule has 2 aromatic rings. The van der Waals surface area contributed by atoms with Crippen LogP contribution < -0.4 is 15.4 Å². The maximum atomic E-state index is 13.1. The number of hydrogen-bond donors (Lipinski definition) is 2. The van der Waals surface area contributed by atoms with Crippen molar-refractivity contribution in [3.05, 3.63) is 65.5 Å². The van der Waals surface area contributed by atoms with Crippen molar-refractivity contribution in [2.24, 2.45) is 0 Å². The number of nitrogens with one attached hydrogen (secondary N) is 2. The average molecular weight is 374 g/mol. The van der Waals surface area contributed by atoms with Crippen LogP contribution in [-0.2, 0) is 27.3 Å². The Kier molecular flexibility index (Phi) is 8.25. The van der Waals surface area contributed by atoms with E-state index in [0.29, 0.717) is 31.1 Å². The largest absolute Gasteiger partial charge is 0.491 e. The molecule has 0 aliphatic carbocycles. The summed E-state index contributed by atoms with van der Waals surface area (Å²) in [6, 6.07) is 13.2. The Hall–Kier alpha value is -2.93. The molecule has 7 heteroatoms. The zero-order valence-corrected chi connectivity index (χ0v) is 15.2. The highest BCUT2D eigenvalue weighted by Crippen LogP contribution is 2.13. The smallest absolute Gasteiger partial charge is 0.239 e. The fraction of sp³-hybridized carbons (Fsp3) is 0.300. The van der Waals surface area contributed by atoms with Gasteiger partial charge in [0.2, 0.25) is 11.8 Å². The minimum atomic E-state index is -0.397. The van der Waals surface area contributed by atoms with E-state index in [1.807, 2.05) is 24.3 Å². The van der Waals surface area contributed by atoms with Crippen LogP contribution in [-0.4, -0.2) is 38.7 Å². The van der Waals surface area contributed by atoms with E-state index in [1.165, 1.54) is 18.2 Å². The van der Waals surface area contributed by atoms with Crippen molar-refractivity contribution in [2.75, 3.05) is 26.9 Å². The number of benzene rings is 2. The highest BCUT2D eigenvalue weighted by Gasteiger charge is 2.07. The first-order chi connectivity index (χ1) is 13.1. The highest BCUT2D eigenvalue weighted by atomic mass is 19.1. The third-order valence-electron chi connectivity index (χ3n) is 3.64. The van der Waals surface area contributed by atoms with Gasteiger partial charge in [-0.2, -0.15) is 0 Å². The molecule has 0 saturated carbocycles. The number of ether oxygens (including phenoxy) is 2. The quantitative estimate of drug-likeness (QED) is 0.622. The average Bonchev–Trinajstić information content (AvgIpc) is 2.65. The molecule has 6 nitrogen and oxygen atoms in total. The normalized spacial score (nSPS) is 10.3. The van der Waals surface area contributed by atoms with Gasteiger partial charge < -0.3 is 20.1 Å². The van der Waals surface area contributed by atoms with E-state index in [1.54, 1.807) is 13.2 Å². The number of amides is 2. The molecular weight excluding hydrogens is 351 g/mol. The van der Waals surface area contributed by atoms with Crippen LogP contribution in [0.1, 0.15) is 11.1 Å². The van der Waals surface area contributed by atoms with Crippen LogP contribution in [0, 0.1) is 5.82 Å². The monoisotopic (exact) mass is 374 g/mol. The van der Waals surface area contributed by atoms with Crippen molar-refractivity contribution >= 4 is 11.8 Å². The van der Waals surface area contributed by atoms with Crippen molar-refractivity contribution < 1.29 is 23.5 Å². The lowest BCUT2D eigenvalue weighted by Crippen LogP contribution is -2.37. The second kappa shape index (κ2) is 10.9. The van der Waals surface area contributed by atoms with Crippen molar-refractivity contribution in [3.8, 4) is 5.75 Å². The molecular formula is C20H23FN2O4. The third-order valence-corrected chi connectivity index (χ3v) is 3.64. The molecule has 0 radical (unpaired) electrons. The Morgan fingerprint density at radius 2 is 1.74 bits per heavy atom. The van der Waals surface area contributed by atoms with Gasteiger partial charge in [0.25, 0.3) is 0 Å². The van der Waals surface area contributed by atoms with Crippen molar-refractivity contribution in [1.29, 1.82) is 0 Å². The van der Waals surface area contributed by atoms with Gasteiger partial charge in [0.1, 0.15) is 18.2 Å². The summed E-state index contributed by atoms with van der Waals surface area (Å²) in [6.07, 6.45) is 0.0197. The minimum absolute atomic E-state index is 0.0197. The van der Waals surface area contributed by atoms with Crippen LogP contribution in [0.3, 0.4) is 0 Å². The molecule has 2 aromatic carbocycles. The molecule has 0 aliphatic heterocycles. The molecule has 2 amide bonds. The van der Waals surface area contributed by atoms with Crippen LogP contribution in [0.2, 0.25) is 0 Å². The zero-order chi connectivity index (χ0) is 19.5. The van der Waals surface area contributed by atoms with Gasteiger partial charge in [-0.15, -0.1) is 0 Å². The number of hydrogen-bond acceptors (Lipinski definition) is 4. The van der Waals surface area contributed by atoms with Gasteiger partial charge in [-0.3, -0.25) is 9.59 Å². The summed E-state index contributed by atoms with van der Waals surface area (Å²) in [4.78, 5) is 23.7. The molecule has 0 heterocycles. The Morgan fingerprint density at radius 1 is 0.963 bits per heavy atom. The predicted molar refractivity (Wildman–Crippen MR) is 98.8 cm³/mol. The van der Waals surface area contributed by atoms with Crippen LogP contribution in [0.4, 0.5) is 4.39 Å². The Bertz CT molecular complexity index is 767. The van der Waals surface area contributed by atoms with Gasteiger partial charge in [0.15, 0.2) is 0 Å². The standard InChI is InChI=1S/C20H23FN2O4/c1-26-8-9-27-18-7-3-5-16(11-18)13-22-20(25)14-23-19(24)12-15-4-2-6-17(21)10-15/h2-7,10-11H,8-9,12-14H2,1H3,(H,22,25)(H,23,24). The highest BCUT2D eigenvalue weighted by molar-refractivity contribution is 5.85. The summed E-state index contributed by atoms with van der Waals surface area (Å²) < 4.78 is 23.5. The molecule has 0 spiro atoms. The maximum Gasteiger partial charge on any atom is 0.239 e. The summed E-state index contributed by atoms with van der Waals surface area (Å²) in [5.41, 5.74) is 1.43. The van der Waals surface area contributed by atoms with E-state index in [2.05, 4.69) is 10.6 Å². The number of carbonyl (C=O) groups excluding carboxylic acids is 2. The molecule has 0 aliphatic rings. The van der Waals surface area contributed by atoms with Gasteiger partial charge in [0, 0.05) is 13.7 Å². The third kappa shape index (κ3) is 7.87. The van der Waals surface area contributed by atoms with E-state index in [-0.39, 0.29) is 24.8 Å². The fourth-order valence-electron chi connectivity index (χ4n) is 2.32. The Balaban J connectivity index is 1.71. The SMILES string of the molecule is COCCOc1cccc(CNC(=O)CNC(=O)Cc2cccc(F)c2)c1.